The summed E-state index contributed by atoms with van der Waals surface area (Å²) in [6.45, 7) is -0.297. The van der Waals surface area contributed by atoms with Gasteiger partial charge in [0.05, 0.1) is 17.5 Å². The predicted octanol–water partition coefficient (Wildman–Crippen LogP) is 3.07. The zero-order chi connectivity index (χ0) is 23.8. The summed E-state index contributed by atoms with van der Waals surface area (Å²) in [4.78, 5) is 33.2. The lowest BCUT2D eigenvalue weighted by Crippen LogP contribution is -2.44. The van der Waals surface area contributed by atoms with E-state index in [9.17, 15) is 40.7 Å². The van der Waals surface area contributed by atoms with Gasteiger partial charge in [-0.05, 0) is 36.6 Å². The molecule has 1 atom stereocenters. The van der Waals surface area contributed by atoms with Crippen LogP contribution in [0.3, 0.4) is 0 Å². The summed E-state index contributed by atoms with van der Waals surface area (Å²) in [5.74, 6) is -0.923. The van der Waals surface area contributed by atoms with Crippen molar-refractivity contribution >= 4 is 18.1 Å². The Labute approximate surface area is 171 Å². The van der Waals surface area contributed by atoms with Gasteiger partial charge in [-0.1, -0.05) is 0 Å². The van der Waals surface area contributed by atoms with Gasteiger partial charge < -0.3 is 26.2 Å². The van der Waals surface area contributed by atoms with Crippen LogP contribution in [0.5, 0.6) is 0 Å². The number of carbonyl (C=O) groups excluding carboxylic acids is 1. The number of nitrogens with one attached hydrogen (secondary N) is 3. The van der Waals surface area contributed by atoms with E-state index in [2.05, 4.69) is 16.0 Å². The van der Waals surface area contributed by atoms with E-state index in [4.69, 9.17) is 10.2 Å². The van der Waals surface area contributed by atoms with Gasteiger partial charge >= 0.3 is 24.5 Å². The third-order valence-corrected chi connectivity index (χ3v) is 3.89. The Bertz CT molecular complexity index is 765. The van der Waals surface area contributed by atoms with Crippen molar-refractivity contribution in [3.05, 3.63) is 34.9 Å². The molecule has 0 fully saturated rings. The summed E-state index contributed by atoms with van der Waals surface area (Å²) >= 11 is 0. The highest BCUT2D eigenvalue weighted by molar-refractivity contribution is 5.78. The minimum absolute atomic E-state index is 0.00549. The minimum Gasteiger partial charge on any atom is -0.465 e. The maximum Gasteiger partial charge on any atom is 0.416 e. The van der Waals surface area contributed by atoms with Crippen molar-refractivity contribution < 1.29 is 50.9 Å². The monoisotopic (exact) mass is 459 g/mol. The molecule has 1 rings (SSSR count). The molecule has 0 aliphatic rings. The molecule has 0 aliphatic carbocycles. The molecule has 0 aromatic heterocycles. The molecule has 0 saturated carbocycles. The van der Waals surface area contributed by atoms with Crippen LogP contribution in [0, 0.1) is 0 Å². The number of rotatable bonds is 9. The van der Waals surface area contributed by atoms with Crippen LogP contribution < -0.4 is 16.0 Å². The second-order valence-corrected chi connectivity index (χ2v) is 6.42. The average Bonchev–Trinajstić information content (AvgIpc) is 2.60. The van der Waals surface area contributed by atoms with Gasteiger partial charge in [-0.2, -0.15) is 26.3 Å². The van der Waals surface area contributed by atoms with Crippen LogP contribution in [0.15, 0.2) is 18.2 Å². The van der Waals surface area contributed by atoms with Crippen LogP contribution in [-0.4, -0.2) is 47.4 Å². The number of carboxylic acid groups (broad SMARTS) is 2. The lowest BCUT2D eigenvalue weighted by Gasteiger charge is -2.18. The van der Waals surface area contributed by atoms with Gasteiger partial charge in [-0.3, -0.25) is 4.79 Å². The molecular formula is C17H19F6N3O5. The van der Waals surface area contributed by atoms with Crippen molar-refractivity contribution in [2.24, 2.45) is 0 Å². The van der Waals surface area contributed by atoms with Gasteiger partial charge in [0.2, 0.25) is 5.91 Å². The molecule has 174 valence electrons. The van der Waals surface area contributed by atoms with E-state index < -0.39 is 59.6 Å². The third kappa shape index (κ3) is 9.91. The van der Waals surface area contributed by atoms with Crippen LogP contribution in [0.2, 0.25) is 0 Å². The highest BCUT2D eigenvalue weighted by atomic mass is 19.4. The molecule has 0 radical (unpaired) electrons. The molecule has 1 aromatic carbocycles. The summed E-state index contributed by atoms with van der Waals surface area (Å²) in [5, 5.41) is 23.6. The van der Waals surface area contributed by atoms with E-state index in [-0.39, 0.29) is 32.0 Å². The van der Waals surface area contributed by atoms with Crippen molar-refractivity contribution in [2.75, 3.05) is 13.1 Å². The number of hydrogen-bond acceptors (Lipinski definition) is 3. The molecule has 0 heterocycles. The van der Waals surface area contributed by atoms with Crippen LogP contribution >= 0.6 is 0 Å². The lowest BCUT2D eigenvalue weighted by atomic mass is 10.0. The van der Waals surface area contributed by atoms with Crippen LogP contribution in [0.25, 0.3) is 0 Å². The van der Waals surface area contributed by atoms with Crippen LogP contribution in [-0.2, 0) is 23.6 Å². The third-order valence-electron chi connectivity index (χ3n) is 3.89. The van der Waals surface area contributed by atoms with E-state index in [0.29, 0.717) is 12.1 Å². The number of halogens is 6. The first-order chi connectivity index (χ1) is 14.2. The van der Waals surface area contributed by atoms with Gasteiger partial charge in [-0.25, -0.2) is 9.59 Å². The Hall–Kier alpha value is -3.19. The predicted molar refractivity (Wildman–Crippen MR) is 93.4 cm³/mol. The molecular weight excluding hydrogens is 440 g/mol. The quantitative estimate of drug-likeness (QED) is 0.287. The fourth-order valence-corrected chi connectivity index (χ4v) is 2.55. The fraction of sp³-hybridized carbons (Fsp3) is 0.471. The first-order valence-corrected chi connectivity index (χ1v) is 8.69. The van der Waals surface area contributed by atoms with E-state index in [1.54, 1.807) is 0 Å². The van der Waals surface area contributed by atoms with Gasteiger partial charge in [0, 0.05) is 19.1 Å². The van der Waals surface area contributed by atoms with Crippen molar-refractivity contribution in [2.45, 2.75) is 37.7 Å². The Morgan fingerprint density at radius 2 is 1.42 bits per heavy atom. The number of carbonyl (C=O) groups is 3. The second-order valence-electron chi connectivity index (χ2n) is 6.42. The number of amides is 3. The first-order valence-electron chi connectivity index (χ1n) is 8.69. The summed E-state index contributed by atoms with van der Waals surface area (Å²) < 4.78 is 77.2. The number of hydrogen-bond donors (Lipinski definition) is 5. The number of alkyl halides is 6. The minimum atomic E-state index is -5.05. The maximum absolute atomic E-state index is 12.9. The maximum atomic E-state index is 12.9. The molecule has 8 nitrogen and oxygen atoms in total. The Morgan fingerprint density at radius 1 is 0.871 bits per heavy atom. The molecule has 5 N–H and O–H groups in total. The molecule has 3 amide bonds. The van der Waals surface area contributed by atoms with Crippen LogP contribution in [0.1, 0.15) is 29.5 Å². The fourth-order valence-electron chi connectivity index (χ4n) is 2.55. The highest BCUT2D eigenvalue weighted by Gasteiger charge is 2.37. The van der Waals surface area contributed by atoms with Crippen molar-refractivity contribution in [1.82, 2.24) is 16.0 Å². The Balaban J connectivity index is 2.80. The molecule has 1 aromatic rings. The van der Waals surface area contributed by atoms with E-state index in [1.807, 2.05) is 0 Å². The standard InChI is InChI=1S/C17H19F6N3O5/c18-16(19,20)10-4-9(5-11(7-10)17(21,22)23)6-13(27)25-8-12(26-15(30)31)2-1-3-24-14(28)29/h4-5,7,12,24,26H,1-3,6,8H2,(H,25,27)(H,28,29)(H,30,31). The van der Waals surface area contributed by atoms with Gasteiger partial charge in [0.25, 0.3) is 0 Å². The summed E-state index contributed by atoms with van der Waals surface area (Å²) in [6, 6.07) is -0.0534. The summed E-state index contributed by atoms with van der Waals surface area (Å²) in [7, 11) is 0. The van der Waals surface area contributed by atoms with E-state index in [0.717, 1.165) is 0 Å². The van der Waals surface area contributed by atoms with E-state index in [1.165, 1.54) is 0 Å². The van der Waals surface area contributed by atoms with Crippen molar-refractivity contribution in [3.8, 4) is 0 Å². The molecule has 0 bridgehead atoms. The molecule has 31 heavy (non-hydrogen) atoms. The molecule has 0 saturated heterocycles. The summed E-state index contributed by atoms with van der Waals surface area (Å²) in [6.07, 6.45) is -13.3. The zero-order valence-electron chi connectivity index (χ0n) is 15.7. The molecule has 14 heteroatoms. The topological polar surface area (TPSA) is 128 Å². The van der Waals surface area contributed by atoms with Gasteiger partial charge in [-0.15, -0.1) is 0 Å². The lowest BCUT2D eigenvalue weighted by molar-refractivity contribution is -0.143. The normalized spacial score (nSPS) is 12.7. The van der Waals surface area contributed by atoms with E-state index >= 15 is 0 Å². The van der Waals surface area contributed by atoms with Crippen molar-refractivity contribution in [1.29, 1.82) is 0 Å². The van der Waals surface area contributed by atoms with Gasteiger partial charge in [0.1, 0.15) is 0 Å². The molecule has 1 unspecified atom stereocenters. The van der Waals surface area contributed by atoms with Crippen LogP contribution in [0.4, 0.5) is 35.9 Å². The number of benzene rings is 1. The van der Waals surface area contributed by atoms with Crippen molar-refractivity contribution in [3.63, 3.8) is 0 Å². The highest BCUT2D eigenvalue weighted by Crippen LogP contribution is 2.36. The largest absolute Gasteiger partial charge is 0.465 e. The second kappa shape index (κ2) is 10.7. The van der Waals surface area contributed by atoms with Gasteiger partial charge in [0.15, 0.2) is 0 Å². The Morgan fingerprint density at radius 3 is 1.87 bits per heavy atom. The Kier molecular flexibility index (Phi) is 8.94. The molecule has 0 spiro atoms. The smallest absolute Gasteiger partial charge is 0.416 e. The average molecular weight is 459 g/mol. The zero-order valence-corrected chi connectivity index (χ0v) is 15.7. The summed E-state index contributed by atoms with van der Waals surface area (Å²) in [5.41, 5.74) is -3.63. The SMILES string of the molecule is O=C(O)NCCCC(CNC(=O)Cc1cc(C(F)(F)F)cc(C(F)(F)F)c1)NC(=O)O. The first kappa shape index (κ1) is 25.8. The molecule has 0 aliphatic heterocycles.